The van der Waals surface area contributed by atoms with E-state index in [2.05, 4.69) is 61.5 Å². The van der Waals surface area contributed by atoms with E-state index in [-0.39, 0.29) is 31.6 Å². The molecule has 1 aliphatic rings. The standard InChI is InChI=1S/C27H22NO.C5H8O2.Ir/c1-17-9-11-22-23-7-4-8-24(27(23)29-25(22)15-17)26-21-12-10-19(18-5-2-3-6-18)16-20(21)13-14-28-26;1-4(6)3-5(2)7;/h4,7,9-16,18H,2-3,5-6H2,1H3;3,6H,1-2H3;/q-1;;/b;4-3-;. The third-order valence-electron chi connectivity index (χ3n) is 6.85. The summed E-state index contributed by atoms with van der Waals surface area (Å²) >= 11 is 0. The van der Waals surface area contributed by atoms with Crippen molar-refractivity contribution in [1.29, 1.82) is 0 Å². The normalized spacial score (nSPS) is 14.0. The molecule has 191 valence electrons. The maximum atomic E-state index is 10.0. The van der Waals surface area contributed by atoms with E-state index in [1.807, 2.05) is 12.3 Å². The van der Waals surface area contributed by atoms with Gasteiger partial charge in [-0.2, -0.15) is 0 Å². The van der Waals surface area contributed by atoms with E-state index >= 15 is 0 Å². The number of hydrogen-bond donors (Lipinski definition) is 1. The number of carbonyl (C=O) groups excluding carboxylic acids is 1. The number of nitrogens with zero attached hydrogens (tertiary/aromatic N) is 1. The molecule has 1 aliphatic carbocycles. The molecule has 0 amide bonds. The van der Waals surface area contributed by atoms with Crippen LogP contribution < -0.4 is 0 Å². The van der Waals surface area contributed by atoms with Crippen LogP contribution in [0, 0.1) is 13.0 Å². The minimum absolute atomic E-state index is 0. The summed E-state index contributed by atoms with van der Waals surface area (Å²) < 4.78 is 6.30. The first-order valence-electron chi connectivity index (χ1n) is 12.5. The van der Waals surface area contributed by atoms with Crippen molar-refractivity contribution in [2.45, 2.75) is 52.4 Å². The Labute approximate surface area is 230 Å². The van der Waals surface area contributed by atoms with E-state index in [0.29, 0.717) is 5.92 Å². The van der Waals surface area contributed by atoms with Crippen molar-refractivity contribution in [3.63, 3.8) is 0 Å². The van der Waals surface area contributed by atoms with Crippen LogP contribution in [0.5, 0.6) is 0 Å². The largest absolute Gasteiger partial charge is 0.512 e. The first-order valence-corrected chi connectivity index (χ1v) is 12.5. The number of hydrogen-bond acceptors (Lipinski definition) is 4. The number of rotatable bonds is 3. The molecule has 0 aliphatic heterocycles. The number of carbonyl (C=O) groups is 1. The zero-order valence-corrected chi connectivity index (χ0v) is 23.7. The average molecular weight is 669 g/mol. The molecule has 1 saturated carbocycles. The van der Waals surface area contributed by atoms with E-state index < -0.39 is 0 Å². The quantitative estimate of drug-likeness (QED) is 0.119. The summed E-state index contributed by atoms with van der Waals surface area (Å²) in [6.07, 6.45) is 8.42. The molecule has 0 atom stereocenters. The van der Waals surface area contributed by atoms with Gasteiger partial charge in [0.2, 0.25) is 0 Å². The SMILES string of the molecule is CC(=O)/C=C(/C)O.Cc1ccc2c(c1)oc1c(-c3nccc4cc(C5CCCC5)ccc34)[c-]ccc12.[Ir]. The monoisotopic (exact) mass is 669 g/mol. The van der Waals surface area contributed by atoms with Crippen molar-refractivity contribution >= 4 is 38.5 Å². The molecule has 5 aromatic rings. The number of ketones is 1. The second-order valence-electron chi connectivity index (χ2n) is 9.72. The molecule has 2 heterocycles. The van der Waals surface area contributed by atoms with Gasteiger partial charge in [-0.25, -0.2) is 0 Å². The fraction of sp³-hybridized carbons (Fsp3) is 0.250. The Balaban J connectivity index is 0.000000356. The molecule has 4 nitrogen and oxygen atoms in total. The number of fused-ring (bicyclic) bond motifs is 4. The van der Waals surface area contributed by atoms with Crippen molar-refractivity contribution in [1.82, 2.24) is 4.98 Å². The molecule has 5 heteroatoms. The molecule has 2 aromatic heterocycles. The van der Waals surface area contributed by atoms with Crippen LogP contribution in [0.3, 0.4) is 0 Å². The van der Waals surface area contributed by atoms with Crippen LogP contribution in [-0.4, -0.2) is 15.9 Å². The molecule has 0 spiro atoms. The summed E-state index contributed by atoms with van der Waals surface area (Å²) in [6, 6.07) is 22.9. The first kappa shape index (κ1) is 26.8. The zero-order valence-electron chi connectivity index (χ0n) is 21.3. The van der Waals surface area contributed by atoms with Gasteiger partial charge in [-0.1, -0.05) is 54.1 Å². The second kappa shape index (κ2) is 11.4. The molecule has 0 unspecified atom stereocenters. The minimum Gasteiger partial charge on any atom is -0.512 e. The summed E-state index contributed by atoms with van der Waals surface area (Å²) in [5, 5.41) is 13.0. The van der Waals surface area contributed by atoms with Gasteiger partial charge < -0.3 is 14.5 Å². The van der Waals surface area contributed by atoms with Crippen LogP contribution in [0.2, 0.25) is 0 Å². The summed E-state index contributed by atoms with van der Waals surface area (Å²) in [5.74, 6) is 0.650. The Morgan fingerprint density at radius 2 is 1.78 bits per heavy atom. The van der Waals surface area contributed by atoms with Crippen molar-refractivity contribution in [3.05, 3.63) is 89.8 Å². The Morgan fingerprint density at radius 1 is 1.03 bits per heavy atom. The molecule has 1 fully saturated rings. The maximum absolute atomic E-state index is 10.0. The molecular weight excluding hydrogens is 639 g/mol. The van der Waals surface area contributed by atoms with E-state index in [1.54, 1.807) is 0 Å². The van der Waals surface area contributed by atoms with Gasteiger partial charge in [-0.15, -0.1) is 18.2 Å². The molecule has 3 aromatic carbocycles. The molecule has 1 N–H and O–H groups in total. The van der Waals surface area contributed by atoms with E-state index in [9.17, 15) is 4.79 Å². The number of aliphatic hydroxyl groups excluding tert-OH is 1. The molecule has 6 rings (SSSR count). The topological polar surface area (TPSA) is 63.3 Å². The molecule has 1 radical (unpaired) electrons. The predicted molar refractivity (Wildman–Crippen MR) is 146 cm³/mol. The first-order chi connectivity index (χ1) is 17.4. The molecule has 37 heavy (non-hydrogen) atoms. The molecule has 0 bridgehead atoms. The minimum atomic E-state index is -0.125. The van der Waals surface area contributed by atoms with Gasteiger partial charge in [0.1, 0.15) is 5.58 Å². The van der Waals surface area contributed by atoms with Crippen LogP contribution in [0.4, 0.5) is 0 Å². The van der Waals surface area contributed by atoms with Crippen molar-refractivity contribution in [2.75, 3.05) is 0 Å². The summed E-state index contributed by atoms with van der Waals surface area (Å²) in [7, 11) is 0. The van der Waals surface area contributed by atoms with Gasteiger partial charge in [0.25, 0.3) is 0 Å². The van der Waals surface area contributed by atoms with E-state index in [1.165, 1.54) is 62.1 Å². The zero-order chi connectivity index (χ0) is 25.2. The van der Waals surface area contributed by atoms with Gasteiger partial charge in [0.15, 0.2) is 5.78 Å². The molecule has 0 saturated heterocycles. The number of furan rings is 1. The Hall–Kier alpha value is -3.27. The van der Waals surface area contributed by atoms with Crippen LogP contribution in [0.1, 0.15) is 56.6 Å². The van der Waals surface area contributed by atoms with Crippen molar-refractivity contribution in [3.8, 4) is 11.3 Å². The number of benzene rings is 3. The Morgan fingerprint density at radius 3 is 2.49 bits per heavy atom. The van der Waals surface area contributed by atoms with Gasteiger partial charge in [-0.3, -0.25) is 4.79 Å². The second-order valence-corrected chi connectivity index (χ2v) is 9.72. The number of pyridine rings is 1. The van der Waals surface area contributed by atoms with Crippen LogP contribution >= 0.6 is 0 Å². The number of allylic oxidation sites excluding steroid dienone is 2. The Kier molecular flexibility index (Phi) is 8.26. The fourth-order valence-electron chi connectivity index (χ4n) is 5.23. The molecular formula is C32H30IrNO3-. The smallest absolute Gasteiger partial charge is 0.155 e. The van der Waals surface area contributed by atoms with E-state index in [0.717, 1.165) is 38.6 Å². The third-order valence-corrected chi connectivity index (χ3v) is 6.85. The number of aryl methyl sites for hydroxylation is 1. The average Bonchev–Trinajstić information content (AvgIpc) is 3.50. The van der Waals surface area contributed by atoms with Gasteiger partial charge in [-0.05, 0) is 79.3 Å². The summed E-state index contributed by atoms with van der Waals surface area (Å²) in [5.41, 5.74) is 6.34. The maximum Gasteiger partial charge on any atom is 0.155 e. The third kappa shape index (κ3) is 5.69. The number of aliphatic hydroxyl groups is 1. The predicted octanol–water partition coefficient (Wildman–Crippen LogP) is 8.60. The van der Waals surface area contributed by atoms with Crippen LogP contribution in [-0.2, 0) is 24.9 Å². The summed E-state index contributed by atoms with van der Waals surface area (Å²) in [4.78, 5) is 14.8. The van der Waals surface area contributed by atoms with Crippen molar-refractivity contribution in [2.24, 2.45) is 0 Å². The number of aromatic nitrogens is 1. The van der Waals surface area contributed by atoms with Crippen LogP contribution in [0.15, 0.2) is 77.0 Å². The van der Waals surface area contributed by atoms with E-state index in [4.69, 9.17) is 14.5 Å². The van der Waals surface area contributed by atoms with Crippen LogP contribution in [0.25, 0.3) is 44.0 Å². The Bertz CT molecular complexity index is 1610. The fourth-order valence-corrected chi connectivity index (χ4v) is 5.23. The summed E-state index contributed by atoms with van der Waals surface area (Å²) in [6.45, 7) is 4.94. The van der Waals surface area contributed by atoms with Gasteiger partial charge in [0.05, 0.1) is 11.3 Å². The van der Waals surface area contributed by atoms with Gasteiger partial charge >= 0.3 is 0 Å². The van der Waals surface area contributed by atoms with Crippen molar-refractivity contribution < 1.29 is 34.4 Å². The van der Waals surface area contributed by atoms with Gasteiger partial charge in [0, 0.05) is 37.8 Å².